The van der Waals surface area contributed by atoms with Crippen molar-refractivity contribution in [3.8, 4) is 11.5 Å². The Hall–Kier alpha value is -3.16. The highest BCUT2D eigenvalue weighted by Gasteiger charge is 2.16. The molecule has 3 aromatic rings. The zero-order chi connectivity index (χ0) is 18.7. The predicted octanol–water partition coefficient (Wildman–Crippen LogP) is 4.03. The first-order chi connectivity index (χ1) is 12.5. The Morgan fingerprint density at radius 3 is 2.62 bits per heavy atom. The van der Waals surface area contributed by atoms with Crippen molar-refractivity contribution in [3.63, 3.8) is 0 Å². The molecule has 0 aliphatic rings. The molecule has 0 aliphatic carbocycles. The number of nitrogens with zero attached hydrogens (tertiary/aromatic N) is 2. The van der Waals surface area contributed by atoms with Crippen LogP contribution in [0.15, 0.2) is 40.8 Å². The Bertz CT molecular complexity index is 957. The summed E-state index contributed by atoms with van der Waals surface area (Å²) in [5, 5.41) is 10.0. The molecule has 1 heterocycles. The van der Waals surface area contributed by atoms with Gasteiger partial charge in [-0.1, -0.05) is 18.2 Å². The van der Waals surface area contributed by atoms with Crippen LogP contribution < -0.4 is 5.32 Å². The van der Waals surface area contributed by atoms with E-state index < -0.39 is 29.0 Å². The number of amides is 1. The first kappa shape index (κ1) is 17.7. The second-order valence-electron chi connectivity index (χ2n) is 5.59. The number of carbonyl (C=O) groups excluding carboxylic acids is 1. The second kappa shape index (κ2) is 7.38. The molecule has 1 aromatic heterocycles. The standard InChI is InChI=1S/C18H14F3N3O2/c1-10-4-2-3-5-11(10)18-24-23-15(26-18)9-8-14(25)22-13-7-6-12(19)16(20)17(13)21/h2-7H,8-9H2,1H3,(H,22,25). The summed E-state index contributed by atoms with van der Waals surface area (Å²) in [4.78, 5) is 11.9. The minimum atomic E-state index is -1.64. The van der Waals surface area contributed by atoms with Gasteiger partial charge in [-0.25, -0.2) is 13.2 Å². The molecule has 0 bridgehead atoms. The van der Waals surface area contributed by atoms with Crippen molar-refractivity contribution in [1.82, 2.24) is 10.2 Å². The summed E-state index contributed by atoms with van der Waals surface area (Å²) in [6.07, 6.45) is 0.0316. The van der Waals surface area contributed by atoms with Gasteiger partial charge in [0.15, 0.2) is 17.5 Å². The third kappa shape index (κ3) is 3.74. The van der Waals surface area contributed by atoms with Crippen molar-refractivity contribution in [1.29, 1.82) is 0 Å². The highest BCUT2D eigenvalue weighted by molar-refractivity contribution is 5.90. The maximum Gasteiger partial charge on any atom is 0.247 e. The van der Waals surface area contributed by atoms with Crippen LogP contribution in [-0.2, 0) is 11.2 Å². The first-order valence-electron chi connectivity index (χ1n) is 7.77. The number of anilines is 1. The zero-order valence-electron chi connectivity index (χ0n) is 13.7. The number of aromatic nitrogens is 2. The molecule has 8 heteroatoms. The Morgan fingerprint density at radius 2 is 1.85 bits per heavy atom. The van der Waals surface area contributed by atoms with E-state index in [9.17, 15) is 18.0 Å². The van der Waals surface area contributed by atoms with Crippen molar-refractivity contribution in [2.45, 2.75) is 19.8 Å². The molecule has 0 unspecified atom stereocenters. The average molecular weight is 361 g/mol. The van der Waals surface area contributed by atoms with Crippen LogP contribution >= 0.6 is 0 Å². The minimum absolute atomic E-state index is 0.0894. The lowest BCUT2D eigenvalue weighted by Gasteiger charge is -2.06. The van der Waals surface area contributed by atoms with Gasteiger partial charge in [0.05, 0.1) is 5.69 Å². The lowest BCUT2D eigenvalue weighted by Crippen LogP contribution is -2.14. The van der Waals surface area contributed by atoms with Gasteiger partial charge in [0.2, 0.25) is 17.7 Å². The molecular formula is C18H14F3N3O2. The van der Waals surface area contributed by atoms with Crippen LogP contribution in [0.5, 0.6) is 0 Å². The summed E-state index contributed by atoms with van der Waals surface area (Å²) in [5.74, 6) is -4.42. The molecule has 1 amide bonds. The van der Waals surface area contributed by atoms with Gasteiger partial charge < -0.3 is 9.73 Å². The van der Waals surface area contributed by atoms with E-state index in [1.165, 1.54) is 0 Å². The smallest absolute Gasteiger partial charge is 0.247 e. The number of benzene rings is 2. The fourth-order valence-electron chi connectivity index (χ4n) is 2.33. The van der Waals surface area contributed by atoms with Crippen LogP contribution in [0.2, 0.25) is 0 Å². The van der Waals surface area contributed by atoms with Gasteiger partial charge >= 0.3 is 0 Å². The summed E-state index contributed by atoms with van der Waals surface area (Å²) in [7, 11) is 0. The van der Waals surface area contributed by atoms with Gasteiger partial charge in [-0.2, -0.15) is 0 Å². The average Bonchev–Trinajstić information content (AvgIpc) is 3.10. The predicted molar refractivity (Wildman–Crippen MR) is 87.7 cm³/mol. The lowest BCUT2D eigenvalue weighted by atomic mass is 10.1. The van der Waals surface area contributed by atoms with Crippen molar-refractivity contribution in [2.75, 3.05) is 5.32 Å². The summed E-state index contributed by atoms with van der Waals surface area (Å²) in [6, 6.07) is 9.16. The Labute approximate surface area is 146 Å². The highest BCUT2D eigenvalue weighted by Crippen LogP contribution is 2.22. The number of hydrogen-bond acceptors (Lipinski definition) is 4. The zero-order valence-corrected chi connectivity index (χ0v) is 13.7. The Balaban J connectivity index is 1.62. The summed E-state index contributed by atoms with van der Waals surface area (Å²) < 4.78 is 45.1. The molecule has 0 saturated carbocycles. The summed E-state index contributed by atoms with van der Waals surface area (Å²) >= 11 is 0. The van der Waals surface area contributed by atoms with E-state index in [4.69, 9.17) is 4.42 Å². The monoisotopic (exact) mass is 361 g/mol. The molecule has 0 spiro atoms. The van der Waals surface area contributed by atoms with E-state index in [-0.39, 0.29) is 18.7 Å². The fraction of sp³-hybridized carbons (Fsp3) is 0.167. The van der Waals surface area contributed by atoms with Crippen molar-refractivity contribution >= 4 is 11.6 Å². The van der Waals surface area contributed by atoms with Gasteiger partial charge in [0.1, 0.15) is 0 Å². The summed E-state index contributed by atoms with van der Waals surface area (Å²) in [5.41, 5.74) is 1.33. The van der Waals surface area contributed by atoms with Crippen molar-refractivity contribution in [3.05, 3.63) is 65.3 Å². The van der Waals surface area contributed by atoms with Crippen LogP contribution in [0, 0.1) is 24.4 Å². The molecular weight excluding hydrogens is 347 g/mol. The third-order valence-electron chi connectivity index (χ3n) is 3.72. The molecule has 0 saturated heterocycles. The van der Waals surface area contributed by atoms with Crippen LogP contribution in [-0.4, -0.2) is 16.1 Å². The number of aryl methyl sites for hydroxylation is 2. The Morgan fingerprint density at radius 1 is 1.08 bits per heavy atom. The highest BCUT2D eigenvalue weighted by atomic mass is 19.2. The van der Waals surface area contributed by atoms with Crippen LogP contribution in [0.4, 0.5) is 18.9 Å². The van der Waals surface area contributed by atoms with E-state index in [1.54, 1.807) is 0 Å². The molecule has 0 aliphatic heterocycles. The maximum atomic E-state index is 13.5. The van der Waals surface area contributed by atoms with E-state index >= 15 is 0 Å². The van der Waals surface area contributed by atoms with E-state index in [2.05, 4.69) is 15.5 Å². The first-order valence-corrected chi connectivity index (χ1v) is 7.77. The van der Waals surface area contributed by atoms with E-state index in [1.807, 2.05) is 31.2 Å². The molecule has 1 N–H and O–H groups in total. The number of carbonyl (C=O) groups is 1. The van der Waals surface area contributed by atoms with E-state index in [0.717, 1.165) is 23.3 Å². The van der Waals surface area contributed by atoms with Gasteiger partial charge in [0.25, 0.3) is 0 Å². The third-order valence-corrected chi connectivity index (χ3v) is 3.72. The Kier molecular flexibility index (Phi) is 5.01. The SMILES string of the molecule is Cc1ccccc1-c1nnc(CCC(=O)Nc2ccc(F)c(F)c2F)o1. The molecule has 3 rings (SSSR count). The minimum Gasteiger partial charge on any atom is -0.421 e. The van der Waals surface area contributed by atoms with Gasteiger partial charge in [-0.05, 0) is 30.7 Å². The van der Waals surface area contributed by atoms with E-state index in [0.29, 0.717) is 5.89 Å². The molecule has 134 valence electrons. The maximum absolute atomic E-state index is 13.5. The molecule has 5 nitrogen and oxygen atoms in total. The molecule has 0 fully saturated rings. The topological polar surface area (TPSA) is 68.0 Å². The largest absolute Gasteiger partial charge is 0.421 e. The number of nitrogens with one attached hydrogen (secondary N) is 1. The van der Waals surface area contributed by atoms with Gasteiger partial charge in [-0.3, -0.25) is 4.79 Å². The van der Waals surface area contributed by atoms with Gasteiger partial charge in [0, 0.05) is 18.4 Å². The number of hydrogen-bond donors (Lipinski definition) is 1. The van der Waals surface area contributed by atoms with Crippen LogP contribution in [0.1, 0.15) is 17.9 Å². The quantitative estimate of drug-likeness (QED) is 0.697. The van der Waals surface area contributed by atoms with Crippen LogP contribution in [0.3, 0.4) is 0 Å². The molecule has 0 atom stereocenters. The number of rotatable bonds is 5. The normalized spacial score (nSPS) is 10.8. The van der Waals surface area contributed by atoms with Crippen LogP contribution in [0.25, 0.3) is 11.5 Å². The van der Waals surface area contributed by atoms with Crippen molar-refractivity contribution in [2.24, 2.45) is 0 Å². The molecule has 0 radical (unpaired) electrons. The molecule has 2 aromatic carbocycles. The second-order valence-corrected chi connectivity index (χ2v) is 5.59. The van der Waals surface area contributed by atoms with Gasteiger partial charge in [-0.15, -0.1) is 10.2 Å². The fourth-order valence-corrected chi connectivity index (χ4v) is 2.33. The lowest BCUT2D eigenvalue weighted by molar-refractivity contribution is -0.116. The summed E-state index contributed by atoms with van der Waals surface area (Å²) in [6.45, 7) is 1.91. The number of halogens is 3. The molecule has 26 heavy (non-hydrogen) atoms. The van der Waals surface area contributed by atoms with Crippen molar-refractivity contribution < 1.29 is 22.4 Å².